The van der Waals surface area contributed by atoms with Crippen LogP contribution in [0.25, 0.3) is 10.6 Å². The molecule has 3 aromatic heterocycles. The van der Waals surface area contributed by atoms with E-state index in [9.17, 15) is 19.8 Å². The number of anilines is 3. The molecule has 3 aliphatic rings. The summed E-state index contributed by atoms with van der Waals surface area (Å²) in [7, 11) is 0. The molecule has 0 aromatic carbocycles. The van der Waals surface area contributed by atoms with Crippen LogP contribution < -0.4 is 15.1 Å². The number of nitrogens with zero attached hydrogens (tertiary/aromatic N) is 5. The molecule has 2 aliphatic heterocycles. The summed E-state index contributed by atoms with van der Waals surface area (Å²) in [4.78, 5) is 41.5. The lowest BCUT2D eigenvalue weighted by Gasteiger charge is -2.41. The molecule has 224 valence electrons. The maximum Gasteiger partial charge on any atom is 0.306 e. The third kappa shape index (κ3) is 6.36. The molecule has 13 heteroatoms. The second-order valence-electron chi connectivity index (χ2n) is 11.2. The van der Waals surface area contributed by atoms with E-state index in [1.165, 1.54) is 67.0 Å². The Kier molecular flexibility index (Phi) is 8.85. The lowest BCUT2D eigenvalue weighted by Crippen LogP contribution is -2.50. The van der Waals surface area contributed by atoms with Gasteiger partial charge >= 0.3 is 5.97 Å². The number of hydrogen-bond acceptors (Lipinski definition) is 10. The van der Waals surface area contributed by atoms with E-state index in [0.29, 0.717) is 47.9 Å². The van der Waals surface area contributed by atoms with Crippen LogP contribution in [0.2, 0.25) is 5.02 Å². The van der Waals surface area contributed by atoms with Crippen LogP contribution in [0.1, 0.15) is 55.3 Å². The Balaban J connectivity index is 1.16. The fourth-order valence-corrected chi connectivity index (χ4v) is 8.39. The van der Waals surface area contributed by atoms with Crippen LogP contribution in [0, 0.1) is 5.92 Å². The van der Waals surface area contributed by atoms with Crippen LogP contribution in [0.15, 0.2) is 23.7 Å². The Morgan fingerprint density at radius 2 is 1.71 bits per heavy atom. The predicted octanol–water partition coefficient (Wildman–Crippen LogP) is 5.63. The quantitative estimate of drug-likeness (QED) is 0.305. The zero-order valence-electron chi connectivity index (χ0n) is 23.3. The average molecular weight is 631 g/mol. The molecular weight excluding hydrogens is 596 g/mol. The van der Waals surface area contributed by atoms with Crippen molar-refractivity contribution in [2.24, 2.45) is 5.92 Å². The summed E-state index contributed by atoms with van der Waals surface area (Å²) < 4.78 is 0. The summed E-state index contributed by atoms with van der Waals surface area (Å²) >= 11 is 9.25. The Morgan fingerprint density at radius 1 is 0.976 bits per heavy atom. The molecule has 1 saturated carbocycles. The molecule has 0 spiro atoms. The number of aliphatic carboxylic acids is 1. The second-order valence-corrected chi connectivity index (χ2v) is 13.6. The molecule has 5 heterocycles. The maximum atomic E-state index is 13.2. The summed E-state index contributed by atoms with van der Waals surface area (Å²) in [5, 5.41) is 26.9. The highest BCUT2D eigenvalue weighted by Crippen LogP contribution is 2.42. The van der Waals surface area contributed by atoms with Gasteiger partial charge in [-0.2, -0.15) is 0 Å². The Morgan fingerprint density at radius 3 is 2.36 bits per heavy atom. The van der Waals surface area contributed by atoms with Gasteiger partial charge < -0.3 is 20.0 Å². The zero-order valence-corrected chi connectivity index (χ0v) is 25.7. The number of rotatable bonds is 7. The lowest BCUT2D eigenvalue weighted by atomic mass is 9.94. The van der Waals surface area contributed by atoms with Gasteiger partial charge in [0.05, 0.1) is 21.4 Å². The molecular formula is C29H35ClN6O4S2. The molecule has 3 aromatic rings. The van der Waals surface area contributed by atoms with E-state index in [-0.39, 0.29) is 17.2 Å². The molecule has 6 rings (SSSR count). The minimum Gasteiger partial charge on any atom is -0.504 e. The standard InChI is InChI=1S/C29H35ClN6O4S2/c30-20-15-23(41-17-20)24-27(36-12-10-34(11-13-36)21-4-2-1-3-5-21)42-29(32-24)33-26(38)19-14-22(37)25(31-16-19)35-8-6-18(7-9-35)28(39)40/h14-18,21,37H,1-13H2,(H,39,40)(H,32,33,38). The number of thiazole rings is 1. The summed E-state index contributed by atoms with van der Waals surface area (Å²) in [5.74, 6) is -1.34. The highest BCUT2D eigenvalue weighted by molar-refractivity contribution is 7.21. The molecule has 0 atom stereocenters. The van der Waals surface area contributed by atoms with Crippen LogP contribution >= 0.6 is 34.3 Å². The first kappa shape index (κ1) is 29.2. The van der Waals surface area contributed by atoms with Gasteiger partial charge in [-0.05, 0) is 37.8 Å². The molecule has 3 fully saturated rings. The van der Waals surface area contributed by atoms with Gasteiger partial charge in [0, 0.05) is 56.9 Å². The zero-order chi connectivity index (χ0) is 29.2. The number of hydrogen-bond donors (Lipinski definition) is 3. The van der Waals surface area contributed by atoms with Gasteiger partial charge in [0.1, 0.15) is 10.7 Å². The van der Waals surface area contributed by atoms with Crippen molar-refractivity contribution in [3.63, 3.8) is 0 Å². The number of piperazine rings is 1. The highest BCUT2D eigenvalue weighted by atomic mass is 35.5. The minimum absolute atomic E-state index is 0.110. The average Bonchev–Trinajstić information content (AvgIpc) is 3.63. The van der Waals surface area contributed by atoms with Crippen molar-refractivity contribution in [2.45, 2.75) is 51.0 Å². The minimum atomic E-state index is -0.795. The summed E-state index contributed by atoms with van der Waals surface area (Å²) in [5.41, 5.74) is 1.04. The molecule has 1 amide bonds. The topological polar surface area (TPSA) is 122 Å². The van der Waals surface area contributed by atoms with Crippen molar-refractivity contribution in [3.8, 4) is 16.3 Å². The van der Waals surface area contributed by atoms with E-state index in [4.69, 9.17) is 16.6 Å². The third-order valence-corrected chi connectivity index (χ3v) is 10.9. The van der Waals surface area contributed by atoms with Crippen LogP contribution in [0.4, 0.5) is 16.0 Å². The summed E-state index contributed by atoms with van der Waals surface area (Å²) in [6, 6.07) is 4.01. The normalized spacial score (nSPS) is 19.3. The molecule has 3 N–H and O–H groups in total. The van der Waals surface area contributed by atoms with Gasteiger partial charge in [0.2, 0.25) is 0 Å². The number of carboxylic acids is 1. The van der Waals surface area contributed by atoms with Gasteiger partial charge in [-0.3, -0.25) is 19.8 Å². The number of aromatic hydroxyl groups is 1. The van der Waals surface area contributed by atoms with Crippen molar-refractivity contribution in [1.82, 2.24) is 14.9 Å². The number of halogens is 1. The van der Waals surface area contributed by atoms with Crippen molar-refractivity contribution in [1.29, 1.82) is 0 Å². The molecule has 1 aliphatic carbocycles. The highest BCUT2D eigenvalue weighted by Gasteiger charge is 2.29. The number of carbonyl (C=O) groups excluding carboxylic acids is 1. The monoisotopic (exact) mass is 630 g/mol. The van der Waals surface area contributed by atoms with E-state index in [2.05, 4.69) is 20.1 Å². The third-order valence-electron chi connectivity index (χ3n) is 8.58. The van der Waals surface area contributed by atoms with Crippen molar-refractivity contribution in [3.05, 3.63) is 34.3 Å². The van der Waals surface area contributed by atoms with Crippen molar-refractivity contribution in [2.75, 3.05) is 54.4 Å². The molecule has 0 unspecified atom stereocenters. The second kappa shape index (κ2) is 12.7. The Bertz CT molecular complexity index is 1430. The molecule has 42 heavy (non-hydrogen) atoms. The van der Waals surface area contributed by atoms with E-state index in [1.54, 1.807) is 0 Å². The van der Waals surface area contributed by atoms with Gasteiger partial charge in [-0.15, -0.1) is 11.3 Å². The van der Waals surface area contributed by atoms with Gasteiger partial charge in [0.15, 0.2) is 16.7 Å². The predicted molar refractivity (Wildman–Crippen MR) is 168 cm³/mol. The first-order valence-electron chi connectivity index (χ1n) is 14.6. The van der Waals surface area contributed by atoms with Crippen LogP contribution in [0.3, 0.4) is 0 Å². The van der Waals surface area contributed by atoms with Crippen LogP contribution in [-0.2, 0) is 4.79 Å². The Hall–Kier alpha value is -2.93. The number of thiophene rings is 1. The number of amides is 1. The van der Waals surface area contributed by atoms with Crippen molar-refractivity contribution < 1.29 is 19.8 Å². The fraction of sp³-hybridized carbons (Fsp3) is 0.517. The summed E-state index contributed by atoms with van der Waals surface area (Å²) in [6.07, 6.45) is 9.01. The van der Waals surface area contributed by atoms with E-state index >= 15 is 0 Å². The van der Waals surface area contributed by atoms with E-state index in [0.717, 1.165) is 41.8 Å². The fourth-order valence-electron chi connectivity index (χ4n) is 6.24. The van der Waals surface area contributed by atoms with E-state index < -0.39 is 11.9 Å². The van der Waals surface area contributed by atoms with E-state index in [1.807, 2.05) is 16.3 Å². The van der Waals surface area contributed by atoms with Gasteiger partial charge in [-0.1, -0.05) is 42.2 Å². The van der Waals surface area contributed by atoms with Gasteiger partial charge in [0.25, 0.3) is 5.91 Å². The number of carboxylic acid groups (broad SMARTS) is 1. The number of aromatic nitrogens is 2. The SMILES string of the molecule is O=C(Nc1nc(-c2cc(Cl)cs2)c(N2CCN(C3CCCCC3)CC2)s1)c1cnc(N2CCC(C(=O)O)CC2)c(O)c1. The molecule has 0 bridgehead atoms. The first-order valence-corrected chi connectivity index (χ1v) is 16.7. The van der Waals surface area contributed by atoms with Crippen molar-refractivity contribution >= 4 is 62.1 Å². The van der Waals surface area contributed by atoms with Gasteiger partial charge in [-0.25, -0.2) is 9.97 Å². The number of nitrogens with one attached hydrogen (secondary N) is 1. The smallest absolute Gasteiger partial charge is 0.306 e. The van der Waals surface area contributed by atoms with Crippen LogP contribution in [-0.4, -0.2) is 82.3 Å². The maximum absolute atomic E-state index is 13.2. The van der Waals surface area contributed by atoms with Crippen LogP contribution in [0.5, 0.6) is 5.75 Å². The number of carbonyl (C=O) groups is 2. The first-order chi connectivity index (χ1) is 20.4. The molecule has 10 nitrogen and oxygen atoms in total. The lowest BCUT2D eigenvalue weighted by molar-refractivity contribution is -0.142. The number of piperidine rings is 1. The summed E-state index contributed by atoms with van der Waals surface area (Å²) in [6.45, 7) is 4.80. The molecule has 2 saturated heterocycles. The number of pyridine rings is 1. The Labute approximate surface area is 257 Å². The molecule has 0 radical (unpaired) electrons. The largest absolute Gasteiger partial charge is 0.504 e.